The van der Waals surface area contributed by atoms with Gasteiger partial charge in [0.25, 0.3) is 0 Å². The second-order valence-corrected chi connectivity index (χ2v) is 4.04. The van der Waals surface area contributed by atoms with Gasteiger partial charge in [0.15, 0.2) is 0 Å². The highest BCUT2D eigenvalue weighted by atomic mass is 16.3. The van der Waals surface area contributed by atoms with Crippen LogP contribution in [0.5, 0.6) is 0 Å². The summed E-state index contributed by atoms with van der Waals surface area (Å²) in [6, 6.07) is 0. The highest BCUT2D eigenvalue weighted by molar-refractivity contribution is 5.22. The number of hydrogen-bond donors (Lipinski definition) is 1. The van der Waals surface area contributed by atoms with Gasteiger partial charge >= 0.3 is 0 Å². The van der Waals surface area contributed by atoms with Crippen LogP contribution in [0.3, 0.4) is 0 Å². The van der Waals surface area contributed by atoms with E-state index in [1.807, 2.05) is 0 Å². The molecule has 0 aliphatic heterocycles. The largest absolute Gasteiger partial charge is 0.392 e. The normalized spacial score (nSPS) is 34.2. The van der Waals surface area contributed by atoms with E-state index in [0.717, 1.165) is 18.3 Å². The Morgan fingerprint density at radius 2 is 2.33 bits per heavy atom. The monoisotopic (exact) mass is 164 g/mol. The molecule has 0 spiro atoms. The molecule has 2 unspecified atom stereocenters. The summed E-state index contributed by atoms with van der Waals surface area (Å²) in [5.74, 6) is 1.58. The fourth-order valence-corrected chi connectivity index (χ4v) is 2.42. The van der Waals surface area contributed by atoms with Crippen LogP contribution in [-0.2, 0) is 0 Å². The molecule has 12 heavy (non-hydrogen) atoms. The molecule has 2 aliphatic rings. The molecule has 0 aromatic rings. The molecule has 0 fully saturated rings. The molecule has 0 bridgehead atoms. The molecule has 0 heterocycles. The summed E-state index contributed by atoms with van der Waals surface area (Å²) >= 11 is 0. The van der Waals surface area contributed by atoms with Crippen molar-refractivity contribution < 1.29 is 5.11 Å². The molecule has 0 aromatic heterocycles. The minimum atomic E-state index is 0.273. The second kappa shape index (κ2) is 3.06. The lowest BCUT2D eigenvalue weighted by atomic mass is 9.78. The van der Waals surface area contributed by atoms with Crippen LogP contribution in [0.4, 0.5) is 0 Å². The summed E-state index contributed by atoms with van der Waals surface area (Å²) in [6.45, 7) is 2.43. The minimum absolute atomic E-state index is 0.273. The van der Waals surface area contributed by atoms with Crippen molar-refractivity contribution in [3.63, 3.8) is 0 Å². The van der Waals surface area contributed by atoms with E-state index < -0.39 is 0 Å². The first-order chi connectivity index (χ1) is 5.81. The lowest BCUT2D eigenvalue weighted by molar-refractivity contribution is 0.297. The summed E-state index contributed by atoms with van der Waals surface area (Å²) in [4.78, 5) is 0. The summed E-state index contributed by atoms with van der Waals surface area (Å²) in [5.41, 5.74) is 2.71. The summed E-state index contributed by atoms with van der Waals surface area (Å²) in [5, 5.41) is 9.10. The van der Waals surface area contributed by atoms with Crippen molar-refractivity contribution in [1.29, 1.82) is 0 Å². The average Bonchev–Trinajstić information content (AvgIpc) is 2.49. The third kappa shape index (κ3) is 1.22. The maximum absolute atomic E-state index is 9.10. The third-order valence-electron chi connectivity index (χ3n) is 3.27. The van der Waals surface area contributed by atoms with Gasteiger partial charge < -0.3 is 5.11 Å². The minimum Gasteiger partial charge on any atom is -0.392 e. The molecule has 1 heteroatoms. The van der Waals surface area contributed by atoms with E-state index in [-0.39, 0.29) is 6.61 Å². The predicted octanol–water partition coefficient (Wildman–Crippen LogP) is 2.28. The number of hydrogen-bond acceptors (Lipinski definition) is 1. The molecule has 0 saturated heterocycles. The van der Waals surface area contributed by atoms with Gasteiger partial charge in [0.1, 0.15) is 0 Å². The standard InChI is InChI=1S/C11H16O/c1-8-5-9-3-2-4-10(9)6-11(8)7-12/h2-3,9-10,12H,4-7H2,1H3. The predicted molar refractivity (Wildman–Crippen MR) is 49.8 cm³/mol. The SMILES string of the molecule is CC1=C(CO)CC2CC=CC2C1. The topological polar surface area (TPSA) is 20.2 Å². The Hall–Kier alpha value is -0.560. The Morgan fingerprint density at radius 1 is 1.50 bits per heavy atom. The van der Waals surface area contributed by atoms with Crippen LogP contribution in [-0.4, -0.2) is 11.7 Å². The molecule has 0 radical (unpaired) electrons. The Morgan fingerprint density at radius 3 is 3.08 bits per heavy atom. The second-order valence-electron chi connectivity index (χ2n) is 4.04. The molecule has 0 aromatic carbocycles. The molecule has 0 amide bonds. The van der Waals surface area contributed by atoms with Gasteiger partial charge in [-0.05, 0) is 43.6 Å². The van der Waals surface area contributed by atoms with Gasteiger partial charge in [0.05, 0.1) is 6.61 Å². The molecule has 1 nitrogen and oxygen atoms in total. The van der Waals surface area contributed by atoms with Crippen molar-refractivity contribution in [1.82, 2.24) is 0 Å². The van der Waals surface area contributed by atoms with Crippen LogP contribution >= 0.6 is 0 Å². The lowest BCUT2D eigenvalue weighted by Crippen LogP contribution is -2.17. The van der Waals surface area contributed by atoms with Gasteiger partial charge in [0, 0.05) is 0 Å². The van der Waals surface area contributed by atoms with Gasteiger partial charge in [-0.1, -0.05) is 17.7 Å². The average molecular weight is 164 g/mol. The summed E-state index contributed by atoms with van der Waals surface area (Å²) in [6.07, 6.45) is 8.17. The molecular weight excluding hydrogens is 148 g/mol. The highest BCUT2D eigenvalue weighted by Gasteiger charge is 2.28. The first-order valence-corrected chi connectivity index (χ1v) is 4.76. The molecule has 2 aliphatic carbocycles. The van der Waals surface area contributed by atoms with Gasteiger partial charge in [-0.15, -0.1) is 0 Å². The van der Waals surface area contributed by atoms with Crippen LogP contribution in [0.2, 0.25) is 0 Å². The zero-order valence-corrected chi connectivity index (χ0v) is 7.59. The van der Waals surface area contributed by atoms with Crippen molar-refractivity contribution in [2.45, 2.75) is 26.2 Å². The zero-order chi connectivity index (χ0) is 8.55. The number of rotatable bonds is 1. The number of aliphatic hydroxyl groups excluding tert-OH is 1. The van der Waals surface area contributed by atoms with E-state index in [9.17, 15) is 0 Å². The summed E-state index contributed by atoms with van der Waals surface area (Å²) < 4.78 is 0. The molecule has 2 atom stereocenters. The highest BCUT2D eigenvalue weighted by Crippen LogP contribution is 2.40. The summed E-state index contributed by atoms with van der Waals surface area (Å²) in [7, 11) is 0. The smallest absolute Gasteiger partial charge is 0.0644 e. The van der Waals surface area contributed by atoms with E-state index in [4.69, 9.17) is 5.11 Å². The number of allylic oxidation sites excluding steroid dienone is 3. The van der Waals surface area contributed by atoms with E-state index in [1.165, 1.54) is 24.0 Å². The Labute approximate surface area is 73.8 Å². The maximum atomic E-state index is 9.10. The van der Waals surface area contributed by atoms with Crippen LogP contribution in [0.1, 0.15) is 26.2 Å². The quantitative estimate of drug-likeness (QED) is 0.589. The number of aliphatic hydroxyl groups is 1. The van der Waals surface area contributed by atoms with E-state index in [0.29, 0.717) is 0 Å². The fraction of sp³-hybridized carbons (Fsp3) is 0.636. The van der Waals surface area contributed by atoms with Crippen molar-refractivity contribution in [2.75, 3.05) is 6.61 Å². The van der Waals surface area contributed by atoms with Crippen LogP contribution in [0.15, 0.2) is 23.3 Å². The van der Waals surface area contributed by atoms with E-state index in [1.54, 1.807) is 0 Å². The Kier molecular flexibility index (Phi) is 2.05. The van der Waals surface area contributed by atoms with Crippen LogP contribution in [0, 0.1) is 11.8 Å². The molecule has 0 saturated carbocycles. The van der Waals surface area contributed by atoms with Crippen LogP contribution in [0.25, 0.3) is 0 Å². The Bertz CT molecular complexity index is 237. The maximum Gasteiger partial charge on any atom is 0.0644 e. The molecule has 1 N–H and O–H groups in total. The first kappa shape index (κ1) is 8.06. The lowest BCUT2D eigenvalue weighted by Gasteiger charge is -2.27. The molecule has 2 rings (SSSR count). The fourth-order valence-electron chi connectivity index (χ4n) is 2.42. The van der Waals surface area contributed by atoms with Crippen molar-refractivity contribution >= 4 is 0 Å². The van der Waals surface area contributed by atoms with Crippen molar-refractivity contribution in [3.8, 4) is 0 Å². The van der Waals surface area contributed by atoms with Crippen LogP contribution < -0.4 is 0 Å². The first-order valence-electron chi connectivity index (χ1n) is 4.76. The van der Waals surface area contributed by atoms with E-state index >= 15 is 0 Å². The van der Waals surface area contributed by atoms with Gasteiger partial charge in [-0.25, -0.2) is 0 Å². The zero-order valence-electron chi connectivity index (χ0n) is 7.59. The van der Waals surface area contributed by atoms with Crippen molar-refractivity contribution in [2.24, 2.45) is 11.8 Å². The third-order valence-corrected chi connectivity index (χ3v) is 3.27. The molecule has 66 valence electrons. The van der Waals surface area contributed by atoms with Gasteiger partial charge in [-0.3, -0.25) is 0 Å². The number of fused-ring (bicyclic) bond motifs is 1. The van der Waals surface area contributed by atoms with Crippen molar-refractivity contribution in [3.05, 3.63) is 23.3 Å². The van der Waals surface area contributed by atoms with Gasteiger partial charge in [0.2, 0.25) is 0 Å². The Balaban J connectivity index is 2.16. The molecular formula is C11H16O. The van der Waals surface area contributed by atoms with E-state index in [2.05, 4.69) is 19.1 Å². The van der Waals surface area contributed by atoms with Gasteiger partial charge in [-0.2, -0.15) is 0 Å².